The summed E-state index contributed by atoms with van der Waals surface area (Å²) < 4.78 is 0. The van der Waals surface area contributed by atoms with Gasteiger partial charge >= 0.3 is 5.97 Å². The van der Waals surface area contributed by atoms with Gasteiger partial charge in [-0.1, -0.05) is 37.3 Å². The van der Waals surface area contributed by atoms with Crippen LogP contribution >= 0.6 is 0 Å². The molecule has 0 spiro atoms. The number of likely N-dealkylation sites (tertiary alicyclic amines) is 1. The van der Waals surface area contributed by atoms with Gasteiger partial charge in [-0.25, -0.2) is 0 Å². The van der Waals surface area contributed by atoms with E-state index in [1.807, 2.05) is 30.3 Å². The lowest BCUT2D eigenvalue weighted by Crippen LogP contribution is -2.36. The zero-order valence-electron chi connectivity index (χ0n) is 12.1. The molecule has 4 nitrogen and oxygen atoms in total. The number of aliphatic carboxylic acids is 1. The maximum Gasteiger partial charge on any atom is 0.325 e. The van der Waals surface area contributed by atoms with Crippen molar-refractivity contribution in [3.63, 3.8) is 0 Å². The molecule has 1 aromatic carbocycles. The van der Waals surface area contributed by atoms with Crippen molar-refractivity contribution in [2.45, 2.75) is 25.8 Å². The minimum absolute atomic E-state index is 0.457. The van der Waals surface area contributed by atoms with Gasteiger partial charge in [0.15, 0.2) is 0 Å². The summed E-state index contributed by atoms with van der Waals surface area (Å²) in [6.07, 6.45) is 2.59. The molecule has 0 aromatic heterocycles. The summed E-state index contributed by atoms with van der Waals surface area (Å²) in [4.78, 5) is 13.8. The first-order chi connectivity index (χ1) is 9.66. The molecular formula is C16H24N2O2. The van der Waals surface area contributed by atoms with Crippen molar-refractivity contribution in [2.24, 2.45) is 5.92 Å². The van der Waals surface area contributed by atoms with Crippen LogP contribution in [0.3, 0.4) is 0 Å². The molecule has 2 atom stereocenters. The number of carboxylic acid groups (broad SMARTS) is 1. The van der Waals surface area contributed by atoms with Gasteiger partial charge < -0.3 is 15.3 Å². The van der Waals surface area contributed by atoms with E-state index in [4.69, 9.17) is 0 Å². The largest absolute Gasteiger partial charge is 0.480 e. The Hall–Kier alpha value is -1.39. The first kappa shape index (κ1) is 15.0. The standard InChI is InChI=1S/C16H24N2O2/c1-13(12-18-9-5-6-10-18)11-17-15(16(19)20)14-7-3-2-4-8-14/h2-4,7-8,13,15,17H,5-6,9-12H2,1H3,(H,19,20). The zero-order chi connectivity index (χ0) is 14.4. The van der Waals surface area contributed by atoms with Gasteiger partial charge in [-0.15, -0.1) is 0 Å². The molecule has 2 unspecified atom stereocenters. The Balaban J connectivity index is 1.84. The summed E-state index contributed by atoms with van der Waals surface area (Å²) in [6.45, 7) is 6.32. The molecule has 1 fully saturated rings. The quantitative estimate of drug-likeness (QED) is 0.801. The van der Waals surface area contributed by atoms with Gasteiger partial charge in [0.25, 0.3) is 0 Å². The Labute approximate surface area is 120 Å². The van der Waals surface area contributed by atoms with E-state index in [0.717, 1.165) is 18.7 Å². The van der Waals surface area contributed by atoms with Crippen LogP contribution in [0.1, 0.15) is 31.4 Å². The molecule has 1 heterocycles. The smallest absolute Gasteiger partial charge is 0.325 e. The molecule has 0 bridgehead atoms. The van der Waals surface area contributed by atoms with Gasteiger partial charge in [-0.05, 0) is 37.4 Å². The zero-order valence-corrected chi connectivity index (χ0v) is 12.1. The van der Waals surface area contributed by atoms with Gasteiger partial charge in [-0.2, -0.15) is 0 Å². The Morgan fingerprint density at radius 1 is 1.30 bits per heavy atom. The molecule has 1 aliphatic rings. The second-order valence-corrected chi connectivity index (χ2v) is 5.70. The topological polar surface area (TPSA) is 52.6 Å². The number of hydrogen-bond acceptors (Lipinski definition) is 3. The van der Waals surface area contributed by atoms with Crippen LogP contribution in [0.5, 0.6) is 0 Å². The predicted molar refractivity (Wildman–Crippen MR) is 79.7 cm³/mol. The molecular weight excluding hydrogens is 252 g/mol. The van der Waals surface area contributed by atoms with Crippen molar-refractivity contribution >= 4 is 5.97 Å². The van der Waals surface area contributed by atoms with E-state index < -0.39 is 12.0 Å². The molecule has 2 N–H and O–H groups in total. The van der Waals surface area contributed by atoms with E-state index in [9.17, 15) is 9.90 Å². The third kappa shape index (κ3) is 4.32. The number of rotatable bonds is 7. The first-order valence-electron chi connectivity index (χ1n) is 7.40. The second-order valence-electron chi connectivity index (χ2n) is 5.70. The van der Waals surface area contributed by atoms with Gasteiger partial charge in [0, 0.05) is 13.1 Å². The highest BCUT2D eigenvalue weighted by Gasteiger charge is 2.20. The van der Waals surface area contributed by atoms with E-state index in [2.05, 4.69) is 17.1 Å². The van der Waals surface area contributed by atoms with Crippen LogP contribution < -0.4 is 5.32 Å². The van der Waals surface area contributed by atoms with Crippen molar-refractivity contribution in [1.29, 1.82) is 0 Å². The Bertz CT molecular complexity index is 416. The SMILES string of the molecule is CC(CNC(C(=O)O)c1ccccc1)CN1CCCC1. The van der Waals surface area contributed by atoms with Crippen molar-refractivity contribution in [3.05, 3.63) is 35.9 Å². The second kappa shape index (κ2) is 7.41. The van der Waals surface area contributed by atoms with Gasteiger partial charge in [0.05, 0.1) is 0 Å². The summed E-state index contributed by atoms with van der Waals surface area (Å²) in [5, 5.41) is 12.5. The highest BCUT2D eigenvalue weighted by molar-refractivity contribution is 5.75. The molecule has 0 amide bonds. The number of nitrogens with one attached hydrogen (secondary N) is 1. The molecule has 1 aliphatic heterocycles. The molecule has 20 heavy (non-hydrogen) atoms. The third-order valence-corrected chi connectivity index (χ3v) is 3.82. The fourth-order valence-electron chi connectivity index (χ4n) is 2.78. The van der Waals surface area contributed by atoms with Crippen molar-refractivity contribution < 1.29 is 9.90 Å². The van der Waals surface area contributed by atoms with Crippen LogP contribution in [0.15, 0.2) is 30.3 Å². The average Bonchev–Trinajstić information content (AvgIpc) is 2.92. The monoisotopic (exact) mass is 276 g/mol. The number of benzene rings is 1. The molecule has 4 heteroatoms. The predicted octanol–water partition coefficient (Wildman–Crippen LogP) is 2.13. The summed E-state index contributed by atoms with van der Waals surface area (Å²) in [6, 6.07) is 8.75. The fraction of sp³-hybridized carbons (Fsp3) is 0.562. The van der Waals surface area contributed by atoms with Crippen molar-refractivity contribution in [3.8, 4) is 0 Å². The van der Waals surface area contributed by atoms with E-state index in [1.54, 1.807) is 0 Å². The lowest BCUT2D eigenvalue weighted by molar-refractivity contribution is -0.139. The van der Waals surface area contributed by atoms with Gasteiger partial charge in [0.2, 0.25) is 0 Å². The number of carboxylic acids is 1. The highest BCUT2D eigenvalue weighted by Crippen LogP contribution is 2.14. The first-order valence-corrected chi connectivity index (χ1v) is 7.40. The normalized spacial score (nSPS) is 18.9. The molecule has 2 rings (SSSR count). The van der Waals surface area contributed by atoms with Crippen LogP contribution in [0.25, 0.3) is 0 Å². The molecule has 110 valence electrons. The van der Waals surface area contributed by atoms with E-state index >= 15 is 0 Å². The number of carbonyl (C=O) groups is 1. The Morgan fingerprint density at radius 3 is 2.55 bits per heavy atom. The maximum atomic E-state index is 11.4. The Kier molecular flexibility index (Phi) is 5.56. The van der Waals surface area contributed by atoms with E-state index in [1.165, 1.54) is 25.9 Å². The van der Waals surface area contributed by atoms with Gasteiger partial charge in [0.1, 0.15) is 6.04 Å². The number of hydrogen-bond donors (Lipinski definition) is 2. The van der Waals surface area contributed by atoms with E-state index in [-0.39, 0.29) is 0 Å². The van der Waals surface area contributed by atoms with Crippen LogP contribution in [-0.4, -0.2) is 42.2 Å². The lowest BCUT2D eigenvalue weighted by atomic mass is 10.1. The van der Waals surface area contributed by atoms with Gasteiger partial charge in [-0.3, -0.25) is 4.79 Å². The van der Waals surface area contributed by atoms with Crippen LogP contribution in [0, 0.1) is 5.92 Å². The summed E-state index contributed by atoms with van der Waals surface area (Å²) >= 11 is 0. The molecule has 1 saturated heterocycles. The molecule has 0 aliphatic carbocycles. The van der Waals surface area contributed by atoms with E-state index in [0.29, 0.717) is 5.92 Å². The fourth-order valence-corrected chi connectivity index (χ4v) is 2.78. The molecule has 1 aromatic rings. The summed E-state index contributed by atoms with van der Waals surface area (Å²) in [5.41, 5.74) is 0.813. The molecule has 0 radical (unpaired) electrons. The highest BCUT2D eigenvalue weighted by atomic mass is 16.4. The average molecular weight is 276 g/mol. The van der Waals surface area contributed by atoms with Crippen LogP contribution in [0.4, 0.5) is 0 Å². The minimum atomic E-state index is -0.815. The van der Waals surface area contributed by atoms with Crippen LogP contribution in [0.2, 0.25) is 0 Å². The maximum absolute atomic E-state index is 11.4. The summed E-state index contributed by atoms with van der Waals surface area (Å²) in [5.74, 6) is -0.358. The molecule has 0 saturated carbocycles. The van der Waals surface area contributed by atoms with Crippen LogP contribution in [-0.2, 0) is 4.79 Å². The lowest BCUT2D eigenvalue weighted by Gasteiger charge is -2.22. The summed E-state index contributed by atoms with van der Waals surface area (Å²) in [7, 11) is 0. The van der Waals surface area contributed by atoms with Crippen molar-refractivity contribution in [1.82, 2.24) is 10.2 Å². The third-order valence-electron chi connectivity index (χ3n) is 3.82. The number of nitrogens with zero attached hydrogens (tertiary/aromatic N) is 1. The minimum Gasteiger partial charge on any atom is -0.480 e. The van der Waals surface area contributed by atoms with Crippen molar-refractivity contribution in [2.75, 3.05) is 26.2 Å². The Morgan fingerprint density at radius 2 is 1.95 bits per heavy atom.